The van der Waals surface area contributed by atoms with Crippen molar-refractivity contribution in [2.75, 3.05) is 18.5 Å². The van der Waals surface area contributed by atoms with Gasteiger partial charge in [-0.1, -0.05) is 6.42 Å². The Morgan fingerprint density at radius 3 is 2.79 bits per heavy atom. The fourth-order valence-electron chi connectivity index (χ4n) is 1.62. The zero-order chi connectivity index (χ0) is 9.80. The van der Waals surface area contributed by atoms with Gasteiger partial charge in [-0.15, -0.1) is 0 Å². The van der Waals surface area contributed by atoms with Gasteiger partial charge in [0, 0.05) is 19.3 Å². The van der Waals surface area contributed by atoms with Crippen LogP contribution in [-0.4, -0.2) is 23.1 Å². The SMILES string of the molecule is Brc1cccnc1NN1CCCCC1. The average Bonchev–Trinajstić information content (AvgIpc) is 2.23. The number of rotatable bonds is 2. The van der Waals surface area contributed by atoms with Crippen LogP contribution in [0.2, 0.25) is 0 Å². The molecule has 0 atom stereocenters. The van der Waals surface area contributed by atoms with E-state index < -0.39 is 0 Å². The number of aromatic nitrogens is 1. The van der Waals surface area contributed by atoms with Gasteiger partial charge in [-0.05, 0) is 40.9 Å². The number of hydrogen-bond acceptors (Lipinski definition) is 3. The van der Waals surface area contributed by atoms with E-state index >= 15 is 0 Å². The Morgan fingerprint density at radius 1 is 1.29 bits per heavy atom. The number of halogens is 1. The van der Waals surface area contributed by atoms with Crippen molar-refractivity contribution in [2.24, 2.45) is 0 Å². The quantitative estimate of drug-likeness (QED) is 0.881. The molecule has 2 heterocycles. The minimum atomic E-state index is 0.911. The first-order valence-electron chi connectivity index (χ1n) is 4.98. The lowest BCUT2D eigenvalue weighted by atomic mass is 10.2. The molecule has 0 radical (unpaired) electrons. The molecule has 0 aliphatic carbocycles. The van der Waals surface area contributed by atoms with Crippen LogP contribution in [0.3, 0.4) is 0 Å². The molecule has 0 saturated carbocycles. The third-order valence-electron chi connectivity index (χ3n) is 2.38. The minimum absolute atomic E-state index is 0.911. The summed E-state index contributed by atoms with van der Waals surface area (Å²) in [4.78, 5) is 4.27. The highest BCUT2D eigenvalue weighted by Crippen LogP contribution is 2.20. The Kier molecular flexibility index (Phi) is 3.37. The summed E-state index contributed by atoms with van der Waals surface area (Å²) >= 11 is 3.47. The predicted molar refractivity (Wildman–Crippen MR) is 61.0 cm³/mol. The van der Waals surface area contributed by atoms with Gasteiger partial charge in [0.15, 0.2) is 5.82 Å². The summed E-state index contributed by atoms with van der Waals surface area (Å²) in [7, 11) is 0. The Balaban J connectivity index is 1.99. The standard InChI is InChI=1S/C10H14BrN3/c11-9-5-4-6-12-10(9)13-14-7-2-1-3-8-14/h4-6H,1-3,7-8H2,(H,12,13). The third kappa shape index (κ3) is 2.45. The van der Waals surface area contributed by atoms with Gasteiger partial charge in [0.05, 0.1) is 4.47 Å². The predicted octanol–water partition coefficient (Wildman–Crippen LogP) is 2.66. The van der Waals surface area contributed by atoms with Crippen molar-refractivity contribution >= 4 is 21.7 Å². The molecule has 0 aromatic carbocycles. The fourth-order valence-corrected chi connectivity index (χ4v) is 1.97. The van der Waals surface area contributed by atoms with Crippen LogP contribution in [0, 0.1) is 0 Å². The van der Waals surface area contributed by atoms with Gasteiger partial charge in [0.2, 0.25) is 0 Å². The summed E-state index contributed by atoms with van der Waals surface area (Å²) in [6, 6.07) is 3.92. The van der Waals surface area contributed by atoms with Gasteiger partial charge in [-0.3, -0.25) is 0 Å². The Morgan fingerprint density at radius 2 is 2.07 bits per heavy atom. The summed E-state index contributed by atoms with van der Waals surface area (Å²) in [5.41, 5.74) is 3.32. The first-order chi connectivity index (χ1) is 6.86. The van der Waals surface area contributed by atoms with Crippen LogP contribution in [0.1, 0.15) is 19.3 Å². The summed E-state index contributed by atoms with van der Waals surface area (Å²) in [6.45, 7) is 2.23. The zero-order valence-corrected chi connectivity index (χ0v) is 9.63. The molecule has 1 aliphatic heterocycles. The Hall–Kier alpha value is -0.610. The van der Waals surface area contributed by atoms with Crippen LogP contribution in [0.5, 0.6) is 0 Å². The lowest BCUT2D eigenvalue weighted by Crippen LogP contribution is -2.35. The lowest BCUT2D eigenvalue weighted by Gasteiger charge is -2.27. The highest BCUT2D eigenvalue weighted by Gasteiger charge is 2.10. The number of hydrazine groups is 1. The number of nitrogens with zero attached hydrogens (tertiary/aromatic N) is 2. The smallest absolute Gasteiger partial charge is 0.154 e. The van der Waals surface area contributed by atoms with Crippen molar-refractivity contribution in [3.63, 3.8) is 0 Å². The normalized spacial score (nSPS) is 18.1. The van der Waals surface area contributed by atoms with E-state index in [2.05, 4.69) is 31.3 Å². The molecule has 1 aromatic heterocycles. The maximum atomic E-state index is 4.27. The van der Waals surface area contributed by atoms with Crippen LogP contribution < -0.4 is 5.43 Å². The molecular weight excluding hydrogens is 242 g/mol. The summed E-state index contributed by atoms with van der Waals surface area (Å²) < 4.78 is 1.02. The molecule has 0 amide bonds. The van der Waals surface area contributed by atoms with Crippen molar-refractivity contribution < 1.29 is 0 Å². The highest BCUT2D eigenvalue weighted by atomic mass is 79.9. The monoisotopic (exact) mass is 255 g/mol. The van der Waals surface area contributed by atoms with Gasteiger partial charge >= 0.3 is 0 Å². The van der Waals surface area contributed by atoms with E-state index in [1.165, 1.54) is 19.3 Å². The Bertz CT molecular complexity index is 297. The lowest BCUT2D eigenvalue weighted by molar-refractivity contribution is 0.272. The maximum Gasteiger partial charge on any atom is 0.154 e. The fraction of sp³-hybridized carbons (Fsp3) is 0.500. The van der Waals surface area contributed by atoms with E-state index in [0.29, 0.717) is 0 Å². The van der Waals surface area contributed by atoms with E-state index in [-0.39, 0.29) is 0 Å². The van der Waals surface area contributed by atoms with Crippen molar-refractivity contribution in [3.8, 4) is 0 Å². The second-order valence-corrected chi connectivity index (χ2v) is 4.35. The first kappa shape index (κ1) is 9.93. The van der Waals surface area contributed by atoms with E-state index in [4.69, 9.17) is 0 Å². The number of hydrogen-bond donors (Lipinski definition) is 1. The molecule has 3 nitrogen and oxygen atoms in total. The third-order valence-corrected chi connectivity index (χ3v) is 3.02. The summed E-state index contributed by atoms with van der Waals surface area (Å²) in [6.07, 6.45) is 5.70. The summed E-state index contributed by atoms with van der Waals surface area (Å²) in [5.74, 6) is 0.911. The van der Waals surface area contributed by atoms with E-state index in [0.717, 1.165) is 23.4 Å². The van der Waals surface area contributed by atoms with Gasteiger partial charge in [0.1, 0.15) is 0 Å². The molecule has 1 aromatic rings. The topological polar surface area (TPSA) is 28.2 Å². The molecule has 1 fully saturated rings. The van der Waals surface area contributed by atoms with Crippen LogP contribution in [0.4, 0.5) is 5.82 Å². The molecule has 0 spiro atoms. The molecular formula is C10H14BrN3. The van der Waals surface area contributed by atoms with Gasteiger partial charge in [-0.25, -0.2) is 9.99 Å². The molecule has 0 bridgehead atoms. The summed E-state index contributed by atoms with van der Waals surface area (Å²) in [5, 5.41) is 2.23. The largest absolute Gasteiger partial charge is 0.302 e. The molecule has 76 valence electrons. The van der Waals surface area contributed by atoms with E-state index in [1.807, 2.05) is 12.1 Å². The average molecular weight is 256 g/mol. The second kappa shape index (κ2) is 4.75. The second-order valence-electron chi connectivity index (χ2n) is 3.49. The molecule has 14 heavy (non-hydrogen) atoms. The van der Waals surface area contributed by atoms with E-state index in [9.17, 15) is 0 Å². The zero-order valence-electron chi connectivity index (χ0n) is 8.04. The number of nitrogens with one attached hydrogen (secondary N) is 1. The molecule has 2 rings (SSSR count). The van der Waals surface area contributed by atoms with Crippen LogP contribution in [0.15, 0.2) is 22.8 Å². The van der Waals surface area contributed by atoms with E-state index in [1.54, 1.807) is 6.20 Å². The van der Waals surface area contributed by atoms with Crippen molar-refractivity contribution in [3.05, 3.63) is 22.8 Å². The van der Waals surface area contributed by atoms with Crippen molar-refractivity contribution in [1.29, 1.82) is 0 Å². The number of anilines is 1. The van der Waals surface area contributed by atoms with Crippen molar-refractivity contribution in [2.45, 2.75) is 19.3 Å². The molecule has 0 unspecified atom stereocenters. The van der Waals surface area contributed by atoms with Crippen LogP contribution >= 0.6 is 15.9 Å². The van der Waals surface area contributed by atoms with Gasteiger partial charge in [0.25, 0.3) is 0 Å². The van der Waals surface area contributed by atoms with Gasteiger partial charge < -0.3 is 5.43 Å². The van der Waals surface area contributed by atoms with Crippen LogP contribution in [-0.2, 0) is 0 Å². The number of piperidine rings is 1. The molecule has 4 heteroatoms. The maximum absolute atomic E-state index is 4.27. The molecule has 1 saturated heterocycles. The molecule has 1 aliphatic rings. The number of pyridine rings is 1. The Labute approximate surface area is 92.6 Å². The van der Waals surface area contributed by atoms with Crippen LogP contribution in [0.25, 0.3) is 0 Å². The van der Waals surface area contributed by atoms with Gasteiger partial charge in [-0.2, -0.15) is 0 Å². The molecule has 1 N–H and O–H groups in total. The van der Waals surface area contributed by atoms with Crippen molar-refractivity contribution in [1.82, 2.24) is 9.99 Å². The highest BCUT2D eigenvalue weighted by molar-refractivity contribution is 9.10. The minimum Gasteiger partial charge on any atom is -0.302 e. The first-order valence-corrected chi connectivity index (χ1v) is 5.78.